The van der Waals surface area contributed by atoms with Gasteiger partial charge in [0.1, 0.15) is 0 Å². The van der Waals surface area contributed by atoms with Crippen molar-refractivity contribution in [2.24, 2.45) is 5.92 Å². The first-order chi connectivity index (χ1) is 14.0. The van der Waals surface area contributed by atoms with Gasteiger partial charge in [-0.05, 0) is 32.3 Å². The van der Waals surface area contributed by atoms with Crippen molar-refractivity contribution in [3.05, 3.63) is 35.9 Å². The first-order valence-corrected chi connectivity index (χ1v) is 10.6. The number of nitrogens with one attached hydrogen (secondary N) is 1. The number of carbonyl (C=O) groups is 2. The monoisotopic (exact) mass is 401 g/mol. The number of carbonyl (C=O) groups excluding carboxylic acids is 2. The molecule has 0 aromatic heterocycles. The van der Waals surface area contributed by atoms with Gasteiger partial charge in [-0.15, -0.1) is 0 Å². The Bertz CT molecular complexity index is 742. The van der Waals surface area contributed by atoms with Crippen LogP contribution in [0, 0.1) is 5.92 Å². The van der Waals surface area contributed by atoms with E-state index in [1.165, 1.54) is 0 Å². The molecule has 4 rings (SSSR count). The lowest BCUT2D eigenvalue weighted by atomic mass is 9.60. The lowest BCUT2D eigenvalue weighted by Gasteiger charge is -2.70. The van der Waals surface area contributed by atoms with Crippen LogP contribution in [-0.4, -0.2) is 77.4 Å². The van der Waals surface area contributed by atoms with Crippen molar-refractivity contribution in [2.45, 2.75) is 50.2 Å². The Labute approximate surface area is 172 Å². The molecule has 1 aromatic carbocycles. The van der Waals surface area contributed by atoms with Gasteiger partial charge in [0.05, 0.1) is 18.2 Å². The Morgan fingerprint density at radius 2 is 1.86 bits per heavy atom. The molecule has 1 aromatic rings. The predicted octanol–water partition coefficient (Wildman–Crippen LogP) is 1.57. The molecule has 0 radical (unpaired) electrons. The summed E-state index contributed by atoms with van der Waals surface area (Å²) in [6.45, 7) is 6.00. The van der Waals surface area contributed by atoms with Crippen LogP contribution < -0.4 is 5.32 Å². The maximum Gasteiger partial charge on any atom is 0.317 e. The first-order valence-electron chi connectivity index (χ1n) is 10.6. The highest BCUT2D eigenvalue weighted by Gasteiger charge is 2.68. The number of amides is 3. The zero-order valence-corrected chi connectivity index (χ0v) is 17.2. The molecule has 3 aliphatic heterocycles. The van der Waals surface area contributed by atoms with E-state index in [-0.39, 0.29) is 42.5 Å². The van der Waals surface area contributed by atoms with Crippen LogP contribution in [0.25, 0.3) is 0 Å². The van der Waals surface area contributed by atoms with Gasteiger partial charge in [0.2, 0.25) is 5.91 Å². The fraction of sp³-hybridized carbons (Fsp3) is 0.636. The minimum Gasteiger partial charge on any atom is -0.394 e. The number of aliphatic hydroxyl groups excluding tert-OH is 1. The predicted molar refractivity (Wildman–Crippen MR) is 108 cm³/mol. The van der Waals surface area contributed by atoms with Crippen LogP contribution in [0.1, 0.15) is 38.2 Å². The third kappa shape index (κ3) is 3.40. The van der Waals surface area contributed by atoms with Gasteiger partial charge in [-0.1, -0.05) is 30.3 Å². The summed E-state index contributed by atoms with van der Waals surface area (Å²) in [4.78, 5) is 29.6. The standard InChI is InChI=1S/C22H31N3O4/c1-15(2)23-21(28)24-13-22(14-24)19(16-6-4-3-5-7-16)18(12-26)25(22)20(27)17-8-10-29-11-9-17/h3-7,15,17-19,26H,8-14H2,1-2H3,(H,23,28)/t18-,19-/m1/s1. The highest BCUT2D eigenvalue weighted by atomic mass is 16.5. The Morgan fingerprint density at radius 1 is 1.21 bits per heavy atom. The summed E-state index contributed by atoms with van der Waals surface area (Å²) in [5.41, 5.74) is 0.685. The van der Waals surface area contributed by atoms with Gasteiger partial charge in [-0.3, -0.25) is 4.79 Å². The van der Waals surface area contributed by atoms with Crippen LogP contribution in [-0.2, 0) is 9.53 Å². The topological polar surface area (TPSA) is 82.1 Å². The van der Waals surface area contributed by atoms with Gasteiger partial charge in [0, 0.05) is 44.2 Å². The second kappa shape index (κ2) is 7.95. The van der Waals surface area contributed by atoms with Crippen molar-refractivity contribution in [2.75, 3.05) is 32.9 Å². The van der Waals surface area contributed by atoms with E-state index in [4.69, 9.17) is 4.74 Å². The minimum atomic E-state index is -0.432. The molecule has 29 heavy (non-hydrogen) atoms. The van der Waals surface area contributed by atoms with Crippen molar-refractivity contribution < 1.29 is 19.4 Å². The van der Waals surface area contributed by atoms with Crippen LogP contribution in [0.15, 0.2) is 30.3 Å². The highest BCUT2D eigenvalue weighted by molar-refractivity contribution is 5.84. The van der Waals surface area contributed by atoms with E-state index in [0.29, 0.717) is 26.3 Å². The Morgan fingerprint density at radius 3 is 2.45 bits per heavy atom. The fourth-order valence-corrected chi connectivity index (χ4v) is 5.25. The smallest absolute Gasteiger partial charge is 0.317 e. The van der Waals surface area contributed by atoms with Gasteiger partial charge < -0.3 is 25.0 Å². The normalized spacial score (nSPS) is 26.2. The summed E-state index contributed by atoms with van der Waals surface area (Å²) in [6.07, 6.45) is 1.44. The minimum absolute atomic E-state index is 0.0283. The largest absolute Gasteiger partial charge is 0.394 e. The lowest BCUT2D eigenvalue weighted by molar-refractivity contribution is -0.198. The summed E-state index contributed by atoms with van der Waals surface area (Å²) in [5, 5.41) is 13.1. The van der Waals surface area contributed by atoms with E-state index in [2.05, 4.69) is 17.4 Å². The quantitative estimate of drug-likeness (QED) is 0.803. The van der Waals surface area contributed by atoms with E-state index < -0.39 is 5.54 Å². The second-order valence-electron chi connectivity index (χ2n) is 8.80. The molecule has 2 atom stereocenters. The van der Waals surface area contributed by atoms with Crippen LogP contribution in [0.2, 0.25) is 0 Å². The van der Waals surface area contributed by atoms with Crippen LogP contribution >= 0.6 is 0 Å². The fourth-order valence-electron chi connectivity index (χ4n) is 5.25. The number of likely N-dealkylation sites (tertiary alicyclic amines) is 2. The second-order valence-corrected chi connectivity index (χ2v) is 8.80. The maximum atomic E-state index is 13.4. The van der Waals surface area contributed by atoms with E-state index in [9.17, 15) is 14.7 Å². The van der Waals surface area contributed by atoms with E-state index in [1.807, 2.05) is 36.9 Å². The van der Waals surface area contributed by atoms with Crippen LogP contribution in [0.5, 0.6) is 0 Å². The molecule has 0 unspecified atom stereocenters. The molecule has 3 amide bonds. The van der Waals surface area contributed by atoms with Gasteiger partial charge >= 0.3 is 6.03 Å². The van der Waals surface area contributed by atoms with Crippen molar-refractivity contribution in [3.8, 4) is 0 Å². The third-order valence-corrected chi connectivity index (χ3v) is 6.56. The van der Waals surface area contributed by atoms with Crippen molar-refractivity contribution in [1.82, 2.24) is 15.1 Å². The van der Waals surface area contributed by atoms with Crippen molar-refractivity contribution in [3.63, 3.8) is 0 Å². The van der Waals surface area contributed by atoms with Gasteiger partial charge in [-0.2, -0.15) is 0 Å². The molecular weight excluding hydrogens is 370 g/mol. The highest BCUT2D eigenvalue weighted by Crippen LogP contribution is 2.54. The number of nitrogens with zero attached hydrogens (tertiary/aromatic N) is 2. The average molecular weight is 402 g/mol. The van der Waals surface area contributed by atoms with E-state index in [1.54, 1.807) is 4.90 Å². The number of benzene rings is 1. The summed E-state index contributed by atoms with van der Waals surface area (Å²) >= 11 is 0. The van der Waals surface area contributed by atoms with Crippen molar-refractivity contribution in [1.29, 1.82) is 0 Å². The molecule has 158 valence electrons. The molecular formula is C22H31N3O4. The van der Waals surface area contributed by atoms with E-state index in [0.717, 1.165) is 18.4 Å². The SMILES string of the molecule is CC(C)NC(=O)N1CC2(C1)[C@H](c1ccccc1)[C@@H](CO)N2C(=O)C1CCOCC1. The summed E-state index contributed by atoms with van der Waals surface area (Å²) in [6, 6.07) is 9.79. The molecule has 0 aliphatic carbocycles. The van der Waals surface area contributed by atoms with Crippen LogP contribution in [0.3, 0.4) is 0 Å². The zero-order valence-electron chi connectivity index (χ0n) is 17.2. The molecule has 0 bridgehead atoms. The van der Waals surface area contributed by atoms with E-state index >= 15 is 0 Å². The molecule has 7 nitrogen and oxygen atoms in total. The Kier molecular flexibility index (Phi) is 5.53. The number of rotatable bonds is 4. The molecule has 0 saturated carbocycles. The zero-order chi connectivity index (χ0) is 20.6. The van der Waals surface area contributed by atoms with Gasteiger partial charge in [0.25, 0.3) is 0 Å². The Hall–Kier alpha value is -2.12. The Balaban J connectivity index is 1.59. The molecule has 7 heteroatoms. The number of ether oxygens (including phenoxy) is 1. The number of urea groups is 1. The van der Waals surface area contributed by atoms with Crippen molar-refractivity contribution >= 4 is 11.9 Å². The maximum absolute atomic E-state index is 13.4. The number of hydrogen-bond acceptors (Lipinski definition) is 4. The first kappa shape index (κ1) is 20.2. The number of hydrogen-bond donors (Lipinski definition) is 2. The average Bonchev–Trinajstić information content (AvgIpc) is 2.67. The summed E-state index contributed by atoms with van der Waals surface area (Å²) in [5.74, 6) is 0.0639. The van der Waals surface area contributed by atoms with Gasteiger partial charge in [0.15, 0.2) is 0 Å². The molecule has 3 fully saturated rings. The molecule has 3 aliphatic rings. The molecule has 2 N–H and O–H groups in total. The van der Waals surface area contributed by atoms with Gasteiger partial charge in [-0.25, -0.2) is 4.79 Å². The molecule has 1 spiro atoms. The van der Waals surface area contributed by atoms with Crippen LogP contribution in [0.4, 0.5) is 4.79 Å². The molecule has 3 saturated heterocycles. The number of aliphatic hydroxyl groups is 1. The summed E-state index contributed by atoms with van der Waals surface area (Å²) < 4.78 is 5.42. The lowest BCUT2D eigenvalue weighted by Crippen LogP contribution is -2.86. The summed E-state index contributed by atoms with van der Waals surface area (Å²) in [7, 11) is 0. The molecule has 3 heterocycles. The third-order valence-electron chi connectivity index (χ3n) is 6.56.